The van der Waals surface area contributed by atoms with Crippen molar-refractivity contribution in [1.82, 2.24) is 14.9 Å². The van der Waals surface area contributed by atoms with Crippen molar-refractivity contribution in [2.24, 2.45) is 7.05 Å². The van der Waals surface area contributed by atoms with Gasteiger partial charge in [-0.2, -0.15) is 0 Å². The van der Waals surface area contributed by atoms with Crippen LogP contribution in [-0.2, 0) is 11.8 Å². The first-order chi connectivity index (χ1) is 13.0. The number of halogens is 2. The molecule has 0 saturated carbocycles. The maximum Gasteiger partial charge on any atom is 0.228 e. The molecule has 0 saturated heterocycles. The van der Waals surface area contributed by atoms with Crippen LogP contribution in [0.15, 0.2) is 60.9 Å². The predicted molar refractivity (Wildman–Crippen MR) is 99.0 cm³/mol. The van der Waals surface area contributed by atoms with E-state index < -0.39 is 17.7 Å². The SMILES string of the molecule is CC[C@H](C(=O)N[C@@H](c1ccc(F)c(F)c1)c1nccn1C)c1ccccc1. The molecule has 3 rings (SSSR count). The van der Waals surface area contributed by atoms with E-state index in [9.17, 15) is 13.6 Å². The van der Waals surface area contributed by atoms with Gasteiger partial charge < -0.3 is 9.88 Å². The third-order valence-electron chi connectivity index (χ3n) is 4.61. The van der Waals surface area contributed by atoms with Crippen LogP contribution in [0, 0.1) is 11.6 Å². The van der Waals surface area contributed by atoms with Crippen LogP contribution in [-0.4, -0.2) is 15.5 Å². The Balaban J connectivity index is 1.95. The van der Waals surface area contributed by atoms with Crippen LogP contribution in [0.25, 0.3) is 0 Å². The lowest BCUT2D eigenvalue weighted by atomic mass is 9.94. The number of carbonyl (C=O) groups is 1. The van der Waals surface area contributed by atoms with Crippen LogP contribution < -0.4 is 5.32 Å². The largest absolute Gasteiger partial charge is 0.342 e. The number of rotatable bonds is 6. The molecule has 1 N–H and O–H groups in total. The van der Waals surface area contributed by atoms with E-state index in [-0.39, 0.29) is 11.8 Å². The first-order valence-corrected chi connectivity index (χ1v) is 8.78. The molecule has 1 aromatic heterocycles. The molecule has 1 heterocycles. The van der Waals surface area contributed by atoms with Gasteiger partial charge in [-0.15, -0.1) is 0 Å². The average Bonchev–Trinajstić information content (AvgIpc) is 3.09. The minimum Gasteiger partial charge on any atom is -0.342 e. The van der Waals surface area contributed by atoms with Gasteiger partial charge in [-0.1, -0.05) is 43.3 Å². The molecule has 4 nitrogen and oxygen atoms in total. The fourth-order valence-electron chi connectivity index (χ4n) is 3.14. The number of nitrogens with one attached hydrogen (secondary N) is 1. The summed E-state index contributed by atoms with van der Waals surface area (Å²) >= 11 is 0. The summed E-state index contributed by atoms with van der Waals surface area (Å²) in [4.78, 5) is 17.3. The maximum absolute atomic E-state index is 13.8. The average molecular weight is 369 g/mol. The summed E-state index contributed by atoms with van der Waals surface area (Å²) in [5.74, 6) is -1.89. The first-order valence-electron chi connectivity index (χ1n) is 8.78. The molecule has 27 heavy (non-hydrogen) atoms. The third kappa shape index (κ3) is 4.05. The summed E-state index contributed by atoms with van der Waals surface area (Å²) in [5.41, 5.74) is 1.33. The molecule has 3 aromatic rings. The van der Waals surface area contributed by atoms with Crippen molar-refractivity contribution in [1.29, 1.82) is 0 Å². The number of hydrogen-bond donors (Lipinski definition) is 1. The highest BCUT2D eigenvalue weighted by molar-refractivity contribution is 5.84. The topological polar surface area (TPSA) is 46.9 Å². The van der Waals surface area contributed by atoms with E-state index in [4.69, 9.17) is 0 Å². The second-order valence-corrected chi connectivity index (χ2v) is 6.38. The molecular formula is C21H21F2N3O. The normalized spacial score (nSPS) is 13.2. The van der Waals surface area contributed by atoms with Crippen molar-refractivity contribution in [3.05, 3.63) is 89.5 Å². The van der Waals surface area contributed by atoms with Crippen molar-refractivity contribution < 1.29 is 13.6 Å². The molecule has 6 heteroatoms. The molecule has 0 unspecified atom stereocenters. The highest BCUT2D eigenvalue weighted by Crippen LogP contribution is 2.25. The molecule has 2 atom stereocenters. The van der Waals surface area contributed by atoms with E-state index in [2.05, 4.69) is 10.3 Å². The summed E-state index contributed by atoms with van der Waals surface area (Å²) in [6.07, 6.45) is 3.95. The predicted octanol–water partition coefficient (Wildman–Crippen LogP) is 4.10. The van der Waals surface area contributed by atoms with Crippen molar-refractivity contribution in [2.45, 2.75) is 25.3 Å². The number of carbonyl (C=O) groups excluding carboxylic acids is 1. The highest BCUT2D eigenvalue weighted by Gasteiger charge is 2.26. The zero-order chi connectivity index (χ0) is 19.4. The number of imidazole rings is 1. The zero-order valence-corrected chi connectivity index (χ0v) is 15.2. The van der Waals surface area contributed by atoms with E-state index in [0.29, 0.717) is 17.8 Å². The first kappa shape index (κ1) is 18.8. The molecule has 2 aromatic carbocycles. The minimum absolute atomic E-state index is 0.193. The Bertz CT molecular complexity index is 924. The van der Waals surface area contributed by atoms with Gasteiger partial charge in [-0.05, 0) is 29.7 Å². The van der Waals surface area contributed by atoms with Gasteiger partial charge in [-0.25, -0.2) is 13.8 Å². The van der Waals surface area contributed by atoms with Gasteiger partial charge in [0.2, 0.25) is 5.91 Å². The molecule has 0 aliphatic carbocycles. The molecule has 0 radical (unpaired) electrons. The van der Waals surface area contributed by atoms with Gasteiger partial charge in [0.05, 0.1) is 5.92 Å². The van der Waals surface area contributed by atoms with Gasteiger partial charge in [0.25, 0.3) is 0 Å². The molecule has 0 aliphatic rings. The van der Waals surface area contributed by atoms with Crippen LogP contribution in [0.2, 0.25) is 0 Å². The van der Waals surface area contributed by atoms with Crippen LogP contribution in [0.5, 0.6) is 0 Å². The van der Waals surface area contributed by atoms with Crippen LogP contribution in [0.1, 0.15) is 42.3 Å². The second-order valence-electron chi connectivity index (χ2n) is 6.38. The summed E-state index contributed by atoms with van der Waals surface area (Å²) in [6, 6.07) is 12.4. The summed E-state index contributed by atoms with van der Waals surface area (Å²) in [5, 5.41) is 2.96. The number of aryl methyl sites for hydroxylation is 1. The zero-order valence-electron chi connectivity index (χ0n) is 15.2. The quantitative estimate of drug-likeness (QED) is 0.711. The van der Waals surface area contributed by atoms with Crippen molar-refractivity contribution >= 4 is 5.91 Å². The number of benzene rings is 2. The molecule has 1 amide bonds. The monoisotopic (exact) mass is 369 g/mol. The fraction of sp³-hybridized carbons (Fsp3) is 0.238. The van der Waals surface area contributed by atoms with Crippen LogP contribution in [0.3, 0.4) is 0 Å². The Morgan fingerprint density at radius 3 is 2.44 bits per heavy atom. The van der Waals surface area contributed by atoms with Crippen LogP contribution >= 0.6 is 0 Å². The Morgan fingerprint density at radius 2 is 1.85 bits per heavy atom. The van der Waals surface area contributed by atoms with Crippen molar-refractivity contribution in [2.75, 3.05) is 0 Å². The van der Waals surface area contributed by atoms with Crippen molar-refractivity contribution in [3.8, 4) is 0 Å². The van der Waals surface area contributed by atoms with Crippen LogP contribution in [0.4, 0.5) is 8.78 Å². The van der Waals surface area contributed by atoms with E-state index in [1.165, 1.54) is 6.07 Å². The number of amides is 1. The Kier molecular flexibility index (Phi) is 5.64. The Morgan fingerprint density at radius 1 is 1.11 bits per heavy atom. The number of hydrogen-bond acceptors (Lipinski definition) is 2. The fourth-order valence-corrected chi connectivity index (χ4v) is 3.14. The maximum atomic E-state index is 13.8. The third-order valence-corrected chi connectivity index (χ3v) is 4.61. The Labute approximate surface area is 156 Å². The summed E-state index contributed by atoms with van der Waals surface area (Å²) in [6.45, 7) is 1.94. The molecule has 0 aliphatic heterocycles. The summed E-state index contributed by atoms with van der Waals surface area (Å²) in [7, 11) is 1.79. The smallest absolute Gasteiger partial charge is 0.228 e. The van der Waals surface area contributed by atoms with Gasteiger partial charge in [0.15, 0.2) is 11.6 Å². The highest BCUT2D eigenvalue weighted by atomic mass is 19.2. The van der Waals surface area contributed by atoms with Gasteiger partial charge in [0.1, 0.15) is 11.9 Å². The summed E-state index contributed by atoms with van der Waals surface area (Å²) < 4.78 is 28.9. The minimum atomic E-state index is -0.962. The van der Waals surface area contributed by atoms with E-state index in [1.807, 2.05) is 37.3 Å². The lowest BCUT2D eigenvalue weighted by Gasteiger charge is -2.23. The second kappa shape index (κ2) is 8.12. The van der Waals surface area contributed by atoms with E-state index >= 15 is 0 Å². The van der Waals surface area contributed by atoms with E-state index in [1.54, 1.807) is 24.0 Å². The molecule has 0 bridgehead atoms. The standard InChI is InChI=1S/C21H21F2N3O/c1-3-16(14-7-5-4-6-8-14)21(27)25-19(20-24-11-12-26(20)2)15-9-10-17(22)18(23)13-15/h4-13,16,19H,3H2,1-2H3,(H,25,27)/t16-,19-/m0/s1. The van der Waals surface area contributed by atoms with Gasteiger partial charge >= 0.3 is 0 Å². The lowest BCUT2D eigenvalue weighted by Crippen LogP contribution is -2.34. The molecule has 0 fully saturated rings. The lowest BCUT2D eigenvalue weighted by molar-refractivity contribution is -0.123. The van der Waals surface area contributed by atoms with Gasteiger partial charge in [-0.3, -0.25) is 4.79 Å². The van der Waals surface area contributed by atoms with E-state index in [0.717, 1.165) is 17.7 Å². The molecule has 140 valence electrons. The number of aromatic nitrogens is 2. The Hall–Kier alpha value is -3.02. The molecular weight excluding hydrogens is 348 g/mol. The van der Waals surface area contributed by atoms with Crippen molar-refractivity contribution in [3.63, 3.8) is 0 Å². The molecule has 0 spiro atoms. The van der Waals surface area contributed by atoms with Gasteiger partial charge in [0, 0.05) is 19.4 Å². The number of nitrogens with zero attached hydrogens (tertiary/aromatic N) is 2.